The van der Waals surface area contributed by atoms with E-state index in [1.54, 1.807) is 12.4 Å². The summed E-state index contributed by atoms with van der Waals surface area (Å²) in [4.78, 5) is 20.0. The number of rotatable bonds is 4. The highest BCUT2D eigenvalue weighted by Gasteiger charge is 2.28. The van der Waals surface area contributed by atoms with Crippen LogP contribution in [0.1, 0.15) is 12.6 Å². The van der Waals surface area contributed by atoms with Crippen molar-refractivity contribution in [2.45, 2.75) is 29.4 Å². The fraction of sp³-hybridized carbons (Fsp3) is 0.312. The van der Waals surface area contributed by atoms with E-state index in [0.29, 0.717) is 10.2 Å². The van der Waals surface area contributed by atoms with Gasteiger partial charge in [-0.05, 0) is 30.3 Å². The highest BCUT2D eigenvalue weighted by molar-refractivity contribution is 7.99. The van der Waals surface area contributed by atoms with E-state index in [2.05, 4.69) is 26.8 Å². The van der Waals surface area contributed by atoms with E-state index in [0.717, 1.165) is 47.0 Å². The van der Waals surface area contributed by atoms with Crippen molar-refractivity contribution in [1.82, 2.24) is 19.9 Å². The second-order valence-corrected chi connectivity index (χ2v) is 7.20. The average Bonchev–Trinajstić information content (AvgIpc) is 2.88. The third-order valence-electron chi connectivity index (χ3n) is 4.03. The molecule has 0 spiro atoms. The van der Waals surface area contributed by atoms with Crippen LogP contribution in [0.2, 0.25) is 5.02 Å². The third kappa shape index (κ3) is 2.72. The summed E-state index contributed by atoms with van der Waals surface area (Å²) in [6.45, 7) is 3.63. The Kier molecular flexibility index (Phi) is 4.07. The number of halogens is 1. The van der Waals surface area contributed by atoms with Crippen LogP contribution in [0.4, 0.5) is 5.82 Å². The minimum Gasteiger partial charge on any atom is -0.353 e. The Morgan fingerprint density at radius 3 is 2.92 bits per heavy atom. The van der Waals surface area contributed by atoms with Crippen LogP contribution in [0.5, 0.6) is 0 Å². The van der Waals surface area contributed by atoms with Gasteiger partial charge in [-0.25, -0.2) is 9.97 Å². The molecule has 0 unspecified atom stereocenters. The quantitative estimate of drug-likeness (QED) is 0.696. The maximum absolute atomic E-state index is 6.55. The summed E-state index contributed by atoms with van der Waals surface area (Å²) in [5.41, 5.74) is 7.70. The molecular weight excluding hydrogens is 344 g/mol. The first-order valence-corrected chi connectivity index (χ1v) is 9.01. The second kappa shape index (κ2) is 6.23. The number of pyridine rings is 1. The molecule has 4 heterocycles. The van der Waals surface area contributed by atoms with Crippen LogP contribution in [0.15, 0.2) is 34.6 Å². The fourth-order valence-corrected chi connectivity index (χ4v) is 3.88. The van der Waals surface area contributed by atoms with Gasteiger partial charge in [-0.1, -0.05) is 18.5 Å². The van der Waals surface area contributed by atoms with E-state index in [4.69, 9.17) is 22.3 Å². The number of aryl methyl sites for hydroxylation is 1. The lowest BCUT2D eigenvalue weighted by molar-refractivity contribution is 0.514. The van der Waals surface area contributed by atoms with Gasteiger partial charge in [0.05, 0.1) is 10.4 Å². The highest BCUT2D eigenvalue weighted by Crippen LogP contribution is 2.37. The van der Waals surface area contributed by atoms with Gasteiger partial charge in [0.25, 0.3) is 0 Å². The molecule has 4 rings (SSSR count). The topological polar surface area (TPSA) is 83.7 Å². The molecule has 24 heavy (non-hydrogen) atoms. The lowest BCUT2D eigenvalue weighted by Crippen LogP contribution is -2.56. The van der Waals surface area contributed by atoms with Crippen LogP contribution in [0, 0.1) is 0 Å². The van der Waals surface area contributed by atoms with Crippen molar-refractivity contribution in [1.29, 1.82) is 0 Å². The summed E-state index contributed by atoms with van der Waals surface area (Å²) >= 11 is 8.04. The number of nitrogens with one attached hydrogen (secondary N) is 1. The third-order valence-corrected chi connectivity index (χ3v) is 5.29. The number of nitrogens with two attached hydrogens (primary N) is 1. The maximum atomic E-state index is 6.55. The maximum Gasteiger partial charge on any atom is 0.196 e. The first-order valence-electron chi connectivity index (χ1n) is 7.82. The van der Waals surface area contributed by atoms with E-state index in [9.17, 15) is 0 Å². The molecule has 1 aliphatic heterocycles. The van der Waals surface area contributed by atoms with Gasteiger partial charge >= 0.3 is 0 Å². The number of nitrogens with zero attached hydrogens (tertiary/aromatic N) is 4. The minimum absolute atomic E-state index is 0.188. The van der Waals surface area contributed by atoms with Crippen molar-refractivity contribution in [3.8, 4) is 0 Å². The highest BCUT2D eigenvalue weighted by atomic mass is 35.5. The first kappa shape index (κ1) is 15.7. The van der Waals surface area contributed by atoms with E-state index in [-0.39, 0.29) is 6.04 Å². The van der Waals surface area contributed by atoms with Gasteiger partial charge in [-0.15, -0.1) is 0 Å². The van der Waals surface area contributed by atoms with Crippen molar-refractivity contribution in [3.05, 3.63) is 35.2 Å². The summed E-state index contributed by atoms with van der Waals surface area (Å²) in [5, 5.41) is 2.27. The van der Waals surface area contributed by atoms with E-state index in [1.807, 2.05) is 12.1 Å². The molecule has 1 fully saturated rings. The van der Waals surface area contributed by atoms with Crippen molar-refractivity contribution in [2.24, 2.45) is 5.73 Å². The summed E-state index contributed by atoms with van der Waals surface area (Å²) in [7, 11) is 0. The van der Waals surface area contributed by atoms with E-state index >= 15 is 0 Å². The van der Waals surface area contributed by atoms with Gasteiger partial charge in [0.2, 0.25) is 0 Å². The van der Waals surface area contributed by atoms with Crippen LogP contribution < -0.4 is 10.6 Å². The van der Waals surface area contributed by atoms with Crippen molar-refractivity contribution < 1.29 is 0 Å². The standard InChI is InChI=1S/C16H17ClN6S/c1-2-11-13(17)12-14(20-11)21-16(24-10-4-3-5-19-6-10)22-15(12)23-7-9(18)8-23/h3-6,9H,2,7-8,18H2,1H3,(H,20,21,22). The van der Waals surface area contributed by atoms with Gasteiger partial charge in [0.1, 0.15) is 11.5 Å². The molecule has 0 aliphatic carbocycles. The number of aromatic amines is 1. The zero-order valence-corrected chi connectivity index (χ0v) is 14.7. The summed E-state index contributed by atoms with van der Waals surface area (Å²) < 4.78 is 0. The molecule has 8 heteroatoms. The Hall–Kier alpha value is -1.83. The Labute approximate surface area is 148 Å². The Balaban J connectivity index is 1.81. The lowest BCUT2D eigenvalue weighted by atomic mass is 10.1. The van der Waals surface area contributed by atoms with Gasteiger partial charge in [0, 0.05) is 42.1 Å². The van der Waals surface area contributed by atoms with Crippen LogP contribution in [0.3, 0.4) is 0 Å². The predicted octanol–water partition coefficient (Wildman–Crippen LogP) is 2.87. The number of H-pyrrole nitrogens is 1. The molecular formula is C16H17ClN6S. The van der Waals surface area contributed by atoms with Gasteiger partial charge in [-0.2, -0.15) is 0 Å². The summed E-state index contributed by atoms with van der Waals surface area (Å²) in [5.74, 6) is 0.856. The Bertz CT molecular complexity index is 875. The molecule has 0 aromatic carbocycles. The number of anilines is 1. The Morgan fingerprint density at radius 1 is 1.42 bits per heavy atom. The largest absolute Gasteiger partial charge is 0.353 e. The van der Waals surface area contributed by atoms with Crippen molar-refractivity contribution in [3.63, 3.8) is 0 Å². The minimum atomic E-state index is 0.188. The monoisotopic (exact) mass is 360 g/mol. The number of hydrogen-bond donors (Lipinski definition) is 2. The van der Waals surface area contributed by atoms with Crippen LogP contribution in [-0.4, -0.2) is 39.1 Å². The number of hydrogen-bond acceptors (Lipinski definition) is 6. The molecule has 3 aromatic heterocycles. The Morgan fingerprint density at radius 2 is 2.25 bits per heavy atom. The number of aromatic nitrogens is 4. The van der Waals surface area contributed by atoms with Crippen LogP contribution in [0.25, 0.3) is 11.0 Å². The van der Waals surface area contributed by atoms with Crippen LogP contribution >= 0.6 is 23.4 Å². The molecule has 0 bridgehead atoms. The normalized spacial score (nSPS) is 15.0. The fourth-order valence-electron chi connectivity index (χ4n) is 2.79. The van der Waals surface area contributed by atoms with Crippen LogP contribution in [-0.2, 0) is 6.42 Å². The molecule has 0 saturated carbocycles. The smallest absolute Gasteiger partial charge is 0.196 e. The zero-order valence-electron chi connectivity index (χ0n) is 13.2. The average molecular weight is 361 g/mol. The van der Waals surface area contributed by atoms with Gasteiger partial charge in [0.15, 0.2) is 5.16 Å². The van der Waals surface area contributed by atoms with E-state index < -0.39 is 0 Å². The summed E-state index contributed by atoms with van der Waals surface area (Å²) in [6.07, 6.45) is 4.37. The molecule has 0 radical (unpaired) electrons. The van der Waals surface area contributed by atoms with Gasteiger partial charge in [-0.3, -0.25) is 4.98 Å². The van der Waals surface area contributed by atoms with Crippen molar-refractivity contribution in [2.75, 3.05) is 18.0 Å². The SMILES string of the molecule is CCc1[nH]c2nc(Sc3cccnc3)nc(N3CC(N)C3)c2c1Cl. The second-order valence-electron chi connectivity index (χ2n) is 5.78. The first-order chi connectivity index (χ1) is 11.7. The zero-order chi connectivity index (χ0) is 16.7. The van der Waals surface area contributed by atoms with E-state index in [1.165, 1.54) is 11.8 Å². The molecule has 1 saturated heterocycles. The molecule has 6 nitrogen and oxygen atoms in total. The molecule has 0 amide bonds. The molecule has 1 aliphatic rings. The molecule has 124 valence electrons. The predicted molar refractivity (Wildman–Crippen MR) is 96.8 cm³/mol. The lowest BCUT2D eigenvalue weighted by Gasteiger charge is -2.38. The molecule has 3 aromatic rings. The molecule has 3 N–H and O–H groups in total. The van der Waals surface area contributed by atoms with Crippen molar-refractivity contribution >= 4 is 40.2 Å². The molecule has 0 atom stereocenters. The van der Waals surface area contributed by atoms with Gasteiger partial charge < -0.3 is 15.6 Å². The summed E-state index contributed by atoms with van der Waals surface area (Å²) in [6, 6.07) is 4.08. The number of fused-ring (bicyclic) bond motifs is 1.